The lowest BCUT2D eigenvalue weighted by atomic mass is 10.1. The van der Waals surface area contributed by atoms with Gasteiger partial charge < -0.3 is 9.64 Å². The second kappa shape index (κ2) is 7.08. The van der Waals surface area contributed by atoms with Crippen molar-refractivity contribution in [1.82, 2.24) is 9.97 Å². The Labute approximate surface area is 143 Å². The zero-order valence-electron chi connectivity index (χ0n) is 14.3. The number of aromatic nitrogens is 2. The van der Waals surface area contributed by atoms with Crippen molar-refractivity contribution in [1.29, 1.82) is 0 Å². The molecule has 25 heavy (non-hydrogen) atoms. The summed E-state index contributed by atoms with van der Waals surface area (Å²) >= 11 is 0. The van der Waals surface area contributed by atoms with E-state index in [1.807, 2.05) is 0 Å². The van der Waals surface area contributed by atoms with E-state index in [2.05, 4.69) is 9.97 Å². The quantitative estimate of drug-likeness (QED) is 0.784. The molecule has 134 valence electrons. The maximum Gasteiger partial charge on any atom is 0.416 e. The predicted molar refractivity (Wildman–Crippen MR) is 87.5 cm³/mol. The van der Waals surface area contributed by atoms with Crippen LogP contribution >= 0.6 is 0 Å². The molecule has 0 amide bonds. The summed E-state index contributed by atoms with van der Waals surface area (Å²) in [6.07, 6.45) is -4.42. The minimum Gasteiger partial charge on any atom is -0.461 e. The molecule has 0 saturated heterocycles. The van der Waals surface area contributed by atoms with Crippen LogP contribution in [0.3, 0.4) is 0 Å². The van der Waals surface area contributed by atoms with Crippen LogP contribution in [-0.2, 0) is 10.9 Å². The molecule has 0 radical (unpaired) electrons. The second-order valence-corrected chi connectivity index (χ2v) is 5.53. The van der Waals surface area contributed by atoms with Crippen LogP contribution in [0, 0.1) is 6.92 Å². The summed E-state index contributed by atoms with van der Waals surface area (Å²) in [6, 6.07) is 4.47. The van der Waals surface area contributed by atoms with Gasteiger partial charge in [-0.05, 0) is 26.0 Å². The van der Waals surface area contributed by atoms with Gasteiger partial charge in [-0.1, -0.05) is 12.1 Å². The largest absolute Gasteiger partial charge is 0.461 e. The van der Waals surface area contributed by atoms with E-state index in [9.17, 15) is 18.0 Å². The van der Waals surface area contributed by atoms with Gasteiger partial charge in [0.05, 0.1) is 12.2 Å². The lowest BCUT2D eigenvalue weighted by molar-refractivity contribution is -0.137. The Balaban J connectivity index is 2.55. The Morgan fingerprint density at radius 1 is 1.16 bits per heavy atom. The van der Waals surface area contributed by atoms with Crippen molar-refractivity contribution >= 4 is 11.8 Å². The van der Waals surface area contributed by atoms with Crippen LogP contribution in [0.15, 0.2) is 24.3 Å². The van der Waals surface area contributed by atoms with Crippen LogP contribution in [0.1, 0.15) is 28.5 Å². The molecule has 5 nitrogen and oxygen atoms in total. The number of esters is 1. The Morgan fingerprint density at radius 2 is 1.76 bits per heavy atom. The summed E-state index contributed by atoms with van der Waals surface area (Å²) in [7, 11) is 3.50. The van der Waals surface area contributed by atoms with Crippen molar-refractivity contribution < 1.29 is 22.7 Å². The third kappa shape index (κ3) is 4.07. The Kier molecular flexibility index (Phi) is 5.30. The number of carbonyl (C=O) groups is 1. The van der Waals surface area contributed by atoms with E-state index in [1.165, 1.54) is 12.1 Å². The first kappa shape index (κ1) is 18.7. The zero-order valence-corrected chi connectivity index (χ0v) is 14.3. The Bertz CT molecular complexity index is 772. The molecule has 0 aliphatic rings. The van der Waals surface area contributed by atoms with Crippen molar-refractivity contribution in [3.8, 4) is 11.4 Å². The summed E-state index contributed by atoms with van der Waals surface area (Å²) in [5.41, 5.74) is 0.248. The van der Waals surface area contributed by atoms with Gasteiger partial charge in [-0.2, -0.15) is 13.2 Å². The lowest BCUT2D eigenvalue weighted by Crippen LogP contribution is -2.18. The van der Waals surface area contributed by atoms with Gasteiger partial charge in [0.1, 0.15) is 5.82 Å². The SMILES string of the molecule is CCOC(=O)c1nc(-c2ccc(C(F)(F)F)cc2)nc(N(C)C)c1C. The number of alkyl halides is 3. The van der Waals surface area contributed by atoms with Gasteiger partial charge in [0, 0.05) is 25.2 Å². The van der Waals surface area contributed by atoms with E-state index in [0.29, 0.717) is 16.9 Å². The highest BCUT2D eigenvalue weighted by Gasteiger charge is 2.30. The van der Waals surface area contributed by atoms with E-state index in [-0.39, 0.29) is 18.1 Å². The molecule has 0 N–H and O–H groups in total. The molecule has 0 unspecified atom stereocenters. The van der Waals surface area contributed by atoms with Crippen LogP contribution in [0.25, 0.3) is 11.4 Å². The van der Waals surface area contributed by atoms with Crippen molar-refractivity contribution in [2.24, 2.45) is 0 Å². The molecule has 0 bridgehead atoms. The number of rotatable bonds is 4. The highest BCUT2D eigenvalue weighted by atomic mass is 19.4. The molecule has 0 aliphatic heterocycles. The fourth-order valence-electron chi connectivity index (χ4n) is 2.28. The van der Waals surface area contributed by atoms with Crippen LogP contribution in [0.5, 0.6) is 0 Å². The van der Waals surface area contributed by atoms with Gasteiger partial charge in [0.15, 0.2) is 11.5 Å². The van der Waals surface area contributed by atoms with E-state index >= 15 is 0 Å². The van der Waals surface area contributed by atoms with Gasteiger partial charge in [0.25, 0.3) is 0 Å². The minimum atomic E-state index is -4.42. The maximum atomic E-state index is 12.7. The molecule has 0 saturated carbocycles. The van der Waals surface area contributed by atoms with Gasteiger partial charge in [0.2, 0.25) is 0 Å². The third-order valence-corrected chi connectivity index (χ3v) is 3.48. The van der Waals surface area contributed by atoms with Gasteiger partial charge in [-0.25, -0.2) is 14.8 Å². The Morgan fingerprint density at radius 3 is 2.24 bits per heavy atom. The number of nitrogens with zero attached hydrogens (tertiary/aromatic N) is 3. The number of carbonyl (C=O) groups excluding carboxylic acids is 1. The first-order valence-corrected chi connectivity index (χ1v) is 7.55. The highest BCUT2D eigenvalue weighted by Crippen LogP contribution is 2.31. The summed E-state index contributed by atoms with van der Waals surface area (Å²) in [6.45, 7) is 3.56. The molecule has 1 aromatic carbocycles. The third-order valence-electron chi connectivity index (χ3n) is 3.48. The number of anilines is 1. The number of hydrogen-bond donors (Lipinski definition) is 0. The van der Waals surface area contributed by atoms with E-state index < -0.39 is 17.7 Å². The topological polar surface area (TPSA) is 55.3 Å². The molecular formula is C17H18F3N3O2. The highest BCUT2D eigenvalue weighted by molar-refractivity contribution is 5.91. The molecule has 0 fully saturated rings. The summed E-state index contributed by atoms with van der Waals surface area (Å²) in [4.78, 5) is 22.4. The normalized spacial score (nSPS) is 11.3. The first-order valence-electron chi connectivity index (χ1n) is 7.55. The molecule has 2 aromatic rings. The number of halogens is 3. The van der Waals surface area contributed by atoms with Crippen molar-refractivity contribution in [2.75, 3.05) is 25.6 Å². The summed E-state index contributed by atoms with van der Waals surface area (Å²) in [5, 5.41) is 0. The zero-order chi connectivity index (χ0) is 18.8. The Hall–Kier alpha value is -2.64. The van der Waals surface area contributed by atoms with Gasteiger partial charge in [-0.3, -0.25) is 0 Å². The van der Waals surface area contributed by atoms with E-state index in [1.54, 1.807) is 32.8 Å². The van der Waals surface area contributed by atoms with Gasteiger partial charge >= 0.3 is 12.1 Å². The smallest absolute Gasteiger partial charge is 0.416 e. The fraction of sp³-hybridized carbons (Fsp3) is 0.353. The number of hydrogen-bond acceptors (Lipinski definition) is 5. The molecule has 8 heteroatoms. The molecule has 1 heterocycles. The molecule has 1 aromatic heterocycles. The van der Waals surface area contributed by atoms with Crippen LogP contribution < -0.4 is 4.90 Å². The first-order chi connectivity index (χ1) is 11.6. The molecule has 0 aliphatic carbocycles. The minimum absolute atomic E-state index is 0.0930. The molecule has 0 atom stereocenters. The molecular weight excluding hydrogens is 335 g/mol. The summed E-state index contributed by atoms with van der Waals surface area (Å²) in [5.74, 6) is 0.0534. The van der Waals surface area contributed by atoms with Crippen LogP contribution in [-0.4, -0.2) is 36.6 Å². The second-order valence-electron chi connectivity index (χ2n) is 5.53. The van der Waals surface area contributed by atoms with Crippen LogP contribution in [0.2, 0.25) is 0 Å². The average Bonchev–Trinajstić information content (AvgIpc) is 2.54. The summed E-state index contributed by atoms with van der Waals surface area (Å²) < 4.78 is 43.1. The number of benzene rings is 1. The van der Waals surface area contributed by atoms with Gasteiger partial charge in [-0.15, -0.1) is 0 Å². The standard InChI is InChI=1S/C17H18F3N3O2/c1-5-25-16(24)13-10(2)15(23(3)4)22-14(21-13)11-6-8-12(9-7-11)17(18,19)20/h6-9H,5H2,1-4H3. The van der Waals surface area contributed by atoms with Crippen molar-refractivity contribution in [2.45, 2.75) is 20.0 Å². The van der Waals surface area contributed by atoms with Crippen LogP contribution in [0.4, 0.5) is 19.0 Å². The van der Waals surface area contributed by atoms with E-state index in [4.69, 9.17) is 4.74 Å². The van der Waals surface area contributed by atoms with Crippen molar-refractivity contribution in [3.63, 3.8) is 0 Å². The molecule has 2 rings (SSSR count). The molecule has 0 spiro atoms. The lowest BCUT2D eigenvalue weighted by Gasteiger charge is -2.17. The van der Waals surface area contributed by atoms with Crippen molar-refractivity contribution in [3.05, 3.63) is 41.1 Å². The maximum absolute atomic E-state index is 12.7. The average molecular weight is 353 g/mol. The fourth-order valence-corrected chi connectivity index (χ4v) is 2.28. The monoisotopic (exact) mass is 353 g/mol. The van der Waals surface area contributed by atoms with E-state index in [0.717, 1.165) is 12.1 Å². The predicted octanol–water partition coefficient (Wildman–Crippen LogP) is 3.71. The number of ether oxygens (including phenoxy) is 1.